The SMILES string of the molecule is CC[C@@H](C)c1ccc(N=Cc2ccc(OCC(=O)Nc3ccccc3F)c(Cl)c2)cc1. The predicted molar refractivity (Wildman–Crippen MR) is 124 cm³/mol. The fourth-order valence-electron chi connectivity index (χ4n) is 2.88. The molecular weight excluding hydrogens is 415 g/mol. The van der Waals surface area contributed by atoms with Crippen molar-refractivity contribution in [3.05, 3.63) is 88.7 Å². The number of amides is 1. The first kappa shape index (κ1) is 22.5. The molecule has 3 aromatic rings. The molecule has 160 valence electrons. The number of para-hydroxylation sites is 1. The van der Waals surface area contributed by atoms with Gasteiger partial charge in [-0.1, -0.05) is 49.7 Å². The van der Waals surface area contributed by atoms with Crippen LogP contribution in [0, 0.1) is 5.82 Å². The molecule has 0 spiro atoms. The molecule has 3 aromatic carbocycles. The molecule has 1 atom stereocenters. The number of hydrogen-bond acceptors (Lipinski definition) is 3. The summed E-state index contributed by atoms with van der Waals surface area (Å²) >= 11 is 6.27. The molecule has 6 heteroatoms. The third-order valence-electron chi connectivity index (χ3n) is 4.90. The second-order valence-corrected chi connectivity index (χ2v) is 7.57. The van der Waals surface area contributed by atoms with Crippen molar-refractivity contribution in [1.29, 1.82) is 0 Å². The number of rotatable bonds is 8. The smallest absolute Gasteiger partial charge is 0.262 e. The van der Waals surface area contributed by atoms with E-state index in [1.54, 1.807) is 36.5 Å². The largest absolute Gasteiger partial charge is 0.482 e. The number of carbonyl (C=O) groups is 1. The van der Waals surface area contributed by atoms with Gasteiger partial charge in [0.05, 0.1) is 16.4 Å². The first-order valence-corrected chi connectivity index (χ1v) is 10.4. The van der Waals surface area contributed by atoms with E-state index in [2.05, 4.69) is 36.3 Å². The van der Waals surface area contributed by atoms with Gasteiger partial charge in [0.2, 0.25) is 0 Å². The van der Waals surface area contributed by atoms with Crippen LogP contribution in [0.3, 0.4) is 0 Å². The highest BCUT2D eigenvalue weighted by Gasteiger charge is 2.09. The van der Waals surface area contributed by atoms with Crippen LogP contribution in [-0.4, -0.2) is 18.7 Å². The van der Waals surface area contributed by atoms with E-state index >= 15 is 0 Å². The molecule has 1 amide bonds. The van der Waals surface area contributed by atoms with E-state index in [4.69, 9.17) is 16.3 Å². The van der Waals surface area contributed by atoms with Crippen LogP contribution in [0.1, 0.15) is 37.3 Å². The van der Waals surface area contributed by atoms with Crippen molar-refractivity contribution in [3.63, 3.8) is 0 Å². The molecule has 0 aromatic heterocycles. The Morgan fingerprint density at radius 3 is 2.58 bits per heavy atom. The predicted octanol–water partition coefficient (Wildman–Crippen LogP) is 6.76. The van der Waals surface area contributed by atoms with Gasteiger partial charge in [-0.3, -0.25) is 9.79 Å². The highest BCUT2D eigenvalue weighted by Crippen LogP contribution is 2.26. The van der Waals surface area contributed by atoms with Gasteiger partial charge in [0.1, 0.15) is 11.6 Å². The zero-order valence-corrected chi connectivity index (χ0v) is 18.2. The van der Waals surface area contributed by atoms with Crippen molar-refractivity contribution in [1.82, 2.24) is 0 Å². The highest BCUT2D eigenvalue weighted by molar-refractivity contribution is 6.32. The molecule has 31 heavy (non-hydrogen) atoms. The molecule has 0 aliphatic rings. The normalized spacial score (nSPS) is 12.0. The molecule has 0 fully saturated rings. The molecule has 0 aliphatic heterocycles. The van der Waals surface area contributed by atoms with E-state index in [0.29, 0.717) is 16.7 Å². The van der Waals surface area contributed by atoms with Gasteiger partial charge in [0.25, 0.3) is 5.91 Å². The number of carbonyl (C=O) groups excluding carboxylic acids is 1. The number of hydrogen-bond donors (Lipinski definition) is 1. The van der Waals surface area contributed by atoms with E-state index < -0.39 is 11.7 Å². The van der Waals surface area contributed by atoms with Gasteiger partial charge in [0.15, 0.2) is 6.61 Å². The van der Waals surface area contributed by atoms with Gasteiger partial charge >= 0.3 is 0 Å². The Morgan fingerprint density at radius 1 is 1.16 bits per heavy atom. The van der Waals surface area contributed by atoms with E-state index in [1.807, 2.05) is 12.1 Å². The summed E-state index contributed by atoms with van der Waals surface area (Å²) < 4.78 is 19.1. The number of ether oxygens (including phenoxy) is 1. The highest BCUT2D eigenvalue weighted by atomic mass is 35.5. The molecule has 3 rings (SSSR count). The molecule has 1 N–H and O–H groups in total. The van der Waals surface area contributed by atoms with Crippen molar-refractivity contribution in [2.24, 2.45) is 4.99 Å². The topological polar surface area (TPSA) is 50.7 Å². The van der Waals surface area contributed by atoms with Crippen molar-refractivity contribution in [2.45, 2.75) is 26.2 Å². The molecule has 0 saturated carbocycles. The number of nitrogens with one attached hydrogen (secondary N) is 1. The summed E-state index contributed by atoms with van der Waals surface area (Å²) in [5.41, 5.74) is 3.06. The Hall–Kier alpha value is -3.18. The van der Waals surface area contributed by atoms with Crippen LogP contribution in [0.4, 0.5) is 15.8 Å². The minimum Gasteiger partial charge on any atom is -0.482 e. The zero-order valence-electron chi connectivity index (χ0n) is 17.4. The van der Waals surface area contributed by atoms with E-state index in [1.165, 1.54) is 17.7 Å². The fourth-order valence-corrected chi connectivity index (χ4v) is 3.12. The maximum atomic E-state index is 13.6. The Balaban J connectivity index is 1.57. The molecular formula is C25H24ClFN2O2. The second kappa shape index (κ2) is 10.7. The lowest BCUT2D eigenvalue weighted by Gasteiger charge is -2.10. The van der Waals surface area contributed by atoms with Crippen LogP contribution in [0.15, 0.2) is 71.7 Å². The minimum atomic E-state index is -0.507. The van der Waals surface area contributed by atoms with Crippen LogP contribution >= 0.6 is 11.6 Å². The Morgan fingerprint density at radius 2 is 1.90 bits per heavy atom. The van der Waals surface area contributed by atoms with Crippen molar-refractivity contribution >= 4 is 35.1 Å². The average molecular weight is 439 g/mol. The Labute approximate surface area is 186 Å². The third-order valence-corrected chi connectivity index (χ3v) is 5.20. The van der Waals surface area contributed by atoms with Crippen LogP contribution in [0.5, 0.6) is 5.75 Å². The van der Waals surface area contributed by atoms with Gasteiger partial charge in [-0.15, -0.1) is 0 Å². The van der Waals surface area contributed by atoms with E-state index in [9.17, 15) is 9.18 Å². The lowest BCUT2D eigenvalue weighted by atomic mass is 9.99. The molecule has 0 aliphatic carbocycles. The number of benzene rings is 3. The average Bonchev–Trinajstić information content (AvgIpc) is 2.78. The number of aliphatic imine (C=N–C) groups is 1. The Bertz CT molecular complexity index is 1070. The van der Waals surface area contributed by atoms with Gasteiger partial charge in [-0.25, -0.2) is 4.39 Å². The molecule has 4 nitrogen and oxygen atoms in total. The minimum absolute atomic E-state index is 0.103. The van der Waals surface area contributed by atoms with Crippen molar-refractivity contribution in [2.75, 3.05) is 11.9 Å². The lowest BCUT2D eigenvalue weighted by Crippen LogP contribution is -2.20. The number of halogens is 2. The van der Waals surface area contributed by atoms with E-state index in [0.717, 1.165) is 17.7 Å². The van der Waals surface area contributed by atoms with Crippen LogP contribution in [0.25, 0.3) is 0 Å². The molecule has 0 unspecified atom stereocenters. The summed E-state index contributed by atoms with van der Waals surface area (Å²) in [4.78, 5) is 16.5. The van der Waals surface area contributed by atoms with Crippen LogP contribution in [0.2, 0.25) is 5.02 Å². The van der Waals surface area contributed by atoms with Crippen LogP contribution in [-0.2, 0) is 4.79 Å². The van der Waals surface area contributed by atoms with Crippen molar-refractivity contribution < 1.29 is 13.9 Å². The van der Waals surface area contributed by atoms with Crippen LogP contribution < -0.4 is 10.1 Å². The Kier molecular flexibility index (Phi) is 7.79. The van der Waals surface area contributed by atoms with E-state index in [-0.39, 0.29) is 12.3 Å². The van der Waals surface area contributed by atoms with Gasteiger partial charge in [0, 0.05) is 6.21 Å². The van der Waals surface area contributed by atoms with Gasteiger partial charge in [-0.05, 0) is 65.9 Å². The fraction of sp³-hybridized carbons (Fsp3) is 0.200. The first-order valence-electron chi connectivity index (χ1n) is 10.1. The number of nitrogens with zero attached hydrogens (tertiary/aromatic N) is 1. The zero-order chi connectivity index (χ0) is 22.2. The summed E-state index contributed by atoms with van der Waals surface area (Å²) in [5.74, 6) is -0.0988. The molecule has 0 saturated heterocycles. The monoisotopic (exact) mass is 438 g/mol. The van der Waals surface area contributed by atoms with Gasteiger partial charge in [-0.2, -0.15) is 0 Å². The standard InChI is InChI=1S/C25H24ClFN2O2/c1-3-17(2)19-9-11-20(12-10-19)28-15-18-8-13-24(21(26)14-18)31-16-25(30)29-23-7-5-4-6-22(23)27/h4-15,17H,3,16H2,1-2H3,(H,29,30)/t17-/m1/s1. The van der Waals surface area contributed by atoms with Gasteiger partial charge < -0.3 is 10.1 Å². The summed E-state index contributed by atoms with van der Waals surface area (Å²) in [6.45, 7) is 4.08. The molecule has 0 radical (unpaired) electrons. The second-order valence-electron chi connectivity index (χ2n) is 7.17. The summed E-state index contributed by atoms with van der Waals surface area (Å²) in [5, 5.41) is 2.82. The molecule has 0 bridgehead atoms. The summed E-state index contributed by atoms with van der Waals surface area (Å²) in [6.07, 6.45) is 2.82. The maximum Gasteiger partial charge on any atom is 0.262 e. The quantitative estimate of drug-likeness (QED) is 0.395. The lowest BCUT2D eigenvalue weighted by molar-refractivity contribution is -0.118. The summed E-state index contributed by atoms with van der Waals surface area (Å²) in [7, 11) is 0. The third kappa shape index (κ3) is 6.40. The maximum absolute atomic E-state index is 13.6. The molecule has 0 heterocycles. The summed E-state index contributed by atoms with van der Waals surface area (Å²) in [6, 6.07) is 19.3. The van der Waals surface area contributed by atoms with Crippen molar-refractivity contribution in [3.8, 4) is 5.75 Å². The first-order chi connectivity index (χ1) is 15.0. The number of anilines is 1.